The zero-order valence-corrected chi connectivity index (χ0v) is 21.6. The topological polar surface area (TPSA) is 147 Å². The largest absolute Gasteiger partial charge is 0.372 e. The van der Waals surface area contributed by atoms with Crippen molar-refractivity contribution in [2.75, 3.05) is 25.5 Å². The summed E-state index contributed by atoms with van der Waals surface area (Å²) in [4.78, 5) is 58.7. The van der Waals surface area contributed by atoms with Gasteiger partial charge in [-0.05, 0) is 25.5 Å². The first-order chi connectivity index (χ1) is 18.0. The van der Waals surface area contributed by atoms with Gasteiger partial charge in [-0.3, -0.25) is 25.0 Å². The zero-order chi connectivity index (χ0) is 27.1. The summed E-state index contributed by atoms with van der Waals surface area (Å²) < 4.78 is 27.6. The number of urea groups is 1. The van der Waals surface area contributed by atoms with Crippen LogP contribution in [-0.4, -0.2) is 77.7 Å². The number of nitrogens with zero attached hydrogens (tertiary/aromatic N) is 4. The van der Waals surface area contributed by atoms with Crippen LogP contribution in [0.2, 0.25) is 0 Å². The highest BCUT2D eigenvalue weighted by atomic mass is 32.1. The Hall–Kier alpha value is -3.91. The Bertz CT molecular complexity index is 1530. The highest BCUT2D eigenvalue weighted by Crippen LogP contribution is 2.49. The third kappa shape index (κ3) is 3.29. The first-order valence-electron chi connectivity index (χ1n) is 11.9. The second kappa shape index (κ2) is 8.30. The van der Waals surface area contributed by atoms with Crippen molar-refractivity contribution in [1.82, 2.24) is 25.7 Å². The number of halogens is 1. The first-order valence-corrected chi connectivity index (χ1v) is 12.7. The fourth-order valence-corrected chi connectivity index (χ4v) is 6.74. The first kappa shape index (κ1) is 24.4. The van der Waals surface area contributed by atoms with E-state index in [2.05, 4.69) is 20.8 Å². The molecule has 5 heterocycles. The number of fused-ring (bicyclic) bond motifs is 5. The third-order valence-electron chi connectivity index (χ3n) is 7.29. The fraction of sp³-hybridized carbons (Fsp3) is 0.417. The van der Waals surface area contributed by atoms with Gasteiger partial charge in [-0.15, -0.1) is 11.3 Å². The van der Waals surface area contributed by atoms with Crippen LogP contribution in [0, 0.1) is 11.2 Å². The standard InChI is InChI=1S/C24H23FN6O6S/c1-9-8-31-16-11(6-24(18(31)10(2)36-9)21(33)27-23(35)28-22(24)34)5-12-15(29-37-17(12)14(16)25)19-26-7-13(38-19)20(32)30(3)4/h5,7,9-10,18H,6,8H2,1-4H3,(H2,27,28,33,34,35)/t9-,10+,18-/m1/s1. The number of thiazole rings is 1. The number of imide groups is 2. The van der Waals surface area contributed by atoms with Crippen molar-refractivity contribution >= 4 is 51.7 Å². The number of amides is 5. The third-order valence-corrected chi connectivity index (χ3v) is 8.28. The van der Waals surface area contributed by atoms with E-state index in [9.17, 15) is 19.2 Å². The number of benzene rings is 1. The van der Waals surface area contributed by atoms with E-state index in [1.165, 1.54) is 11.1 Å². The van der Waals surface area contributed by atoms with Gasteiger partial charge in [-0.1, -0.05) is 5.16 Å². The van der Waals surface area contributed by atoms with Gasteiger partial charge in [0, 0.05) is 27.1 Å². The number of carbonyl (C=O) groups is 4. The van der Waals surface area contributed by atoms with Gasteiger partial charge in [-0.2, -0.15) is 0 Å². The van der Waals surface area contributed by atoms with Crippen molar-refractivity contribution in [2.45, 2.75) is 38.5 Å². The van der Waals surface area contributed by atoms with Crippen LogP contribution in [0.4, 0.5) is 14.9 Å². The Morgan fingerprint density at radius 3 is 2.63 bits per heavy atom. The van der Waals surface area contributed by atoms with Gasteiger partial charge in [0.2, 0.25) is 17.4 Å². The number of barbiturate groups is 1. The lowest BCUT2D eigenvalue weighted by Crippen LogP contribution is -2.75. The second-order valence-corrected chi connectivity index (χ2v) is 11.0. The molecule has 0 saturated carbocycles. The molecule has 2 fully saturated rings. The SMILES string of the molecule is C[C@@H]1CN2c3c(cc4c(-c5ncc(C(=O)N(C)C)s5)noc4c3F)CC3(C(=O)NC(=O)NC3=O)[C@H]2[C@H](C)O1. The maximum absolute atomic E-state index is 16.2. The molecule has 0 aliphatic carbocycles. The summed E-state index contributed by atoms with van der Waals surface area (Å²) in [5.74, 6) is -2.46. The molecule has 2 aromatic heterocycles. The van der Waals surface area contributed by atoms with Crippen LogP contribution in [-0.2, 0) is 20.7 Å². The predicted molar refractivity (Wildman–Crippen MR) is 132 cm³/mol. The summed E-state index contributed by atoms with van der Waals surface area (Å²) in [5, 5.41) is 9.12. The molecule has 12 nitrogen and oxygen atoms in total. The van der Waals surface area contributed by atoms with E-state index in [0.717, 1.165) is 11.3 Å². The number of rotatable bonds is 2. The number of ether oxygens (including phenoxy) is 1. The molecule has 1 aromatic carbocycles. The van der Waals surface area contributed by atoms with Crippen LogP contribution >= 0.6 is 11.3 Å². The van der Waals surface area contributed by atoms with Crippen molar-refractivity contribution in [3.8, 4) is 10.7 Å². The van der Waals surface area contributed by atoms with Crippen molar-refractivity contribution in [2.24, 2.45) is 5.41 Å². The van der Waals surface area contributed by atoms with Gasteiger partial charge in [0.1, 0.15) is 9.88 Å². The molecule has 2 N–H and O–H groups in total. The lowest BCUT2D eigenvalue weighted by Gasteiger charge is -2.55. The van der Waals surface area contributed by atoms with E-state index < -0.39 is 41.2 Å². The predicted octanol–water partition coefficient (Wildman–Crippen LogP) is 1.68. The van der Waals surface area contributed by atoms with Crippen LogP contribution in [0.5, 0.6) is 0 Å². The van der Waals surface area contributed by atoms with Gasteiger partial charge in [0.05, 0.1) is 35.5 Å². The molecule has 3 atom stereocenters. The number of hydrogen-bond acceptors (Lipinski definition) is 10. The second-order valence-electron chi connectivity index (χ2n) is 9.97. The molecular weight excluding hydrogens is 519 g/mol. The van der Waals surface area contributed by atoms with Crippen molar-refractivity contribution in [3.05, 3.63) is 28.5 Å². The van der Waals surface area contributed by atoms with Gasteiger partial charge < -0.3 is 19.1 Å². The molecule has 6 rings (SSSR count). The molecule has 14 heteroatoms. The van der Waals surface area contributed by atoms with Gasteiger partial charge in [0.25, 0.3) is 5.91 Å². The minimum Gasteiger partial charge on any atom is -0.372 e. The average Bonchev–Trinajstić information content (AvgIpc) is 3.48. The number of carbonyl (C=O) groups excluding carboxylic acids is 4. The van der Waals surface area contributed by atoms with E-state index in [1.807, 2.05) is 6.92 Å². The minimum atomic E-state index is -1.75. The normalized spacial score (nSPS) is 24.2. The molecule has 0 radical (unpaired) electrons. The Labute approximate surface area is 219 Å². The number of hydrogen-bond donors (Lipinski definition) is 2. The molecule has 5 amide bonds. The summed E-state index contributed by atoms with van der Waals surface area (Å²) in [6, 6.07) is -0.156. The molecule has 198 valence electrons. The van der Waals surface area contributed by atoms with Crippen molar-refractivity contribution < 1.29 is 32.8 Å². The maximum atomic E-state index is 16.2. The van der Waals surface area contributed by atoms with Gasteiger partial charge in [-0.25, -0.2) is 14.2 Å². The number of aromatic nitrogens is 2. The number of morpholine rings is 1. The van der Waals surface area contributed by atoms with Crippen LogP contribution in [0.25, 0.3) is 21.7 Å². The van der Waals surface area contributed by atoms with E-state index >= 15 is 4.39 Å². The van der Waals surface area contributed by atoms with Crippen LogP contribution < -0.4 is 15.5 Å². The molecule has 0 bridgehead atoms. The van der Waals surface area contributed by atoms with E-state index in [4.69, 9.17) is 9.26 Å². The van der Waals surface area contributed by atoms with E-state index in [1.54, 1.807) is 32.0 Å². The molecule has 0 unspecified atom stereocenters. The summed E-state index contributed by atoms with van der Waals surface area (Å²) in [5.41, 5.74) is -1.05. The number of nitrogens with one attached hydrogen (secondary N) is 2. The Kier molecular flexibility index (Phi) is 5.33. The van der Waals surface area contributed by atoms with Crippen molar-refractivity contribution in [3.63, 3.8) is 0 Å². The monoisotopic (exact) mass is 542 g/mol. The molecule has 3 aliphatic heterocycles. The van der Waals surface area contributed by atoms with E-state index in [0.29, 0.717) is 15.4 Å². The highest BCUT2D eigenvalue weighted by molar-refractivity contribution is 7.17. The number of anilines is 1. The Morgan fingerprint density at radius 1 is 1.24 bits per heavy atom. The lowest BCUT2D eigenvalue weighted by atomic mass is 9.66. The Morgan fingerprint density at radius 2 is 1.95 bits per heavy atom. The molecule has 3 aromatic rings. The molecule has 1 spiro atoms. The molecule has 38 heavy (non-hydrogen) atoms. The quantitative estimate of drug-likeness (QED) is 0.462. The lowest BCUT2D eigenvalue weighted by molar-refractivity contribution is -0.153. The van der Waals surface area contributed by atoms with Crippen LogP contribution in [0.15, 0.2) is 16.8 Å². The highest BCUT2D eigenvalue weighted by Gasteiger charge is 2.63. The van der Waals surface area contributed by atoms with Gasteiger partial charge >= 0.3 is 6.03 Å². The fourth-order valence-electron chi connectivity index (χ4n) is 5.81. The summed E-state index contributed by atoms with van der Waals surface area (Å²) in [6.07, 6.45) is 0.265. The van der Waals surface area contributed by atoms with Crippen molar-refractivity contribution in [1.29, 1.82) is 0 Å². The zero-order valence-electron chi connectivity index (χ0n) is 20.8. The van der Waals surface area contributed by atoms with E-state index in [-0.39, 0.29) is 47.3 Å². The summed E-state index contributed by atoms with van der Waals surface area (Å²) in [7, 11) is 3.24. The minimum absolute atomic E-state index is 0.108. The maximum Gasteiger partial charge on any atom is 0.328 e. The van der Waals surface area contributed by atoms with Crippen LogP contribution in [0.1, 0.15) is 29.1 Å². The smallest absolute Gasteiger partial charge is 0.328 e. The molecule has 2 saturated heterocycles. The Balaban J connectivity index is 1.54. The van der Waals surface area contributed by atoms with Gasteiger partial charge in [0.15, 0.2) is 16.9 Å². The average molecular weight is 543 g/mol. The summed E-state index contributed by atoms with van der Waals surface area (Å²) >= 11 is 1.09. The molecule has 3 aliphatic rings. The molecular formula is C24H23FN6O6S. The van der Waals surface area contributed by atoms with Crippen LogP contribution in [0.3, 0.4) is 0 Å². The summed E-state index contributed by atoms with van der Waals surface area (Å²) in [6.45, 7) is 3.73.